The van der Waals surface area contributed by atoms with Crippen molar-refractivity contribution in [1.29, 1.82) is 0 Å². The SMILES string of the molecule is CC(C)CCn1ncc(NC(=O)N2C[C@@H](C)O[C@@H](C)C2)c1C(C)C. The Hall–Kier alpha value is -1.56. The van der Waals surface area contributed by atoms with Gasteiger partial charge < -0.3 is 15.0 Å². The van der Waals surface area contributed by atoms with E-state index in [2.05, 4.69) is 38.1 Å². The summed E-state index contributed by atoms with van der Waals surface area (Å²) in [7, 11) is 0. The fourth-order valence-electron chi connectivity index (χ4n) is 3.20. The molecule has 0 bridgehead atoms. The van der Waals surface area contributed by atoms with E-state index in [-0.39, 0.29) is 18.2 Å². The fourth-order valence-corrected chi connectivity index (χ4v) is 3.20. The van der Waals surface area contributed by atoms with Crippen LogP contribution in [-0.4, -0.2) is 46.0 Å². The molecule has 2 atom stereocenters. The largest absolute Gasteiger partial charge is 0.372 e. The Morgan fingerprint density at radius 1 is 1.29 bits per heavy atom. The van der Waals surface area contributed by atoms with Gasteiger partial charge in [-0.3, -0.25) is 4.68 Å². The van der Waals surface area contributed by atoms with Crippen molar-refractivity contribution >= 4 is 11.7 Å². The predicted octanol–water partition coefficient (Wildman–Crippen LogP) is 3.69. The van der Waals surface area contributed by atoms with Gasteiger partial charge in [-0.25, -0.2) is 4.79 Å². The lowest BCUT2D eigenvalue weighted by atomic mass is 10.1. The molecule has 0 radical (unpaired) electrons. The van der Waals surface area contributed by atoms with E-state index in [0.29, 0.717) is 24.9 Å². The third kappa shape index (κ3) is 4.72. The smallest absolute Gasteiger partial charge is 0.322 e. The summed E-state index contributed by atoms with van der Waals surface area (Å²) < 4.78 is 7.73. The number of ether oxygens (including phenoxy) is 1. The molecular weight excluding hydrogens is 304 g/mol. The average molecular weight is 336 g/mol. The van der Waals surface area contributed by atoms with Gasteiger partial charge >= 0.3 is 6.03 Å². The maximum absolute atomic E-state index is 12.6. The molecule has 1 aromatic rings. The molecule has 0 aromatic carbocycles. The van der Waals surface area contributed by atoms with Crippen LogP contribution < -0.4 is 5.32 Å². The monoisotopic (exact) mass is 336 g/mol. The summed E-state index contributed by atoms with van der Waals surface area (Å²) in [5, 5.41) is 7.56. The summed E-state index contributed by atoms with van der Waals surface area (Å²) >= 11 is 0. The van der Waals surface area contributed by atoms with E-state index in [0.717, 1.165) is 24.3 Å². The van der Waals surface area contributed by atoms with Gasteiger partial charge in [0.2, 0.25) is 0 Å². The average Bonchev–Trinajstić information content (AvgIpc) is 2.86. The molecule has 1 aliphatic rings. The summed E-state index contributed by atoms with van der Waals surface area (Å²) in [5.74, 6) is 0.932. The normalized spacial score (nSPS) is 21.6. The molecule has 6 heteroatoms. The number of nitrogens with one attached hydrogen (secondary N) is 1. The van der Waals surface area contributed by atoms with E-state index in [4.69, 9.17) is 4.74 Å². The first-order chi connectivity index (χ1) is 11.3. The highest BCUT2D eigenvalue weighted by atomic mass is 16.5. The molecule has 0 saturated carbocycles. The van der Waals surface area contributed by atoms with E-state index in [1.807, 2.05) is 23.4 Å². The second-order valence-corrected chi connectivity index (χ2v) is 7.60. The lowest BCUT2D eigenvalue weighted by Gasteiger charge is -2.35. The van der Waals surface area contributed by atoms with E-state index in [1.54, 1.807) is 6.20 Å². The number of morpholine rings is 1. The number of urea groups is 1. The number of carbonyl (C=O) groups is 1. The van der Waals surface area contributed by atoms with Gasteiger partial charge in [0.25, 0.3) is 0 Å². The van der Waals surface area contributed by atoms with Gasteiger partial charge in [0, 0.05) is 19.6 Å². The molecule has 2 heterocycles. The molecule has 1 fully saturated rings. The van der Waals surface area contributed by atoms with Crippen LogP contribution in [0.1, 0.15) is 59.6 Å². The molecular formula is C18H32N4O2. The topological polar surface area (TPSA) is 59.4 Å². The third-order valence-corrected chi connectivity index (χ3v) is 4.29. The molecule has 1 aliphatic heterocycles. The van der Waals surface area contributed by atoms with Gasteiger partial charge in [-0.1, -0.05) is 27.7 Å². The fraction of sp³-hybridized carbons (Fsp3) is 0.778. The molecule has 0 unspecified atom stereocenters. The van der Waals surface area contributed by atoms with Crippen molar-refractivity contribution in [1.82, 2.24) is 14.7 Å². The van der Waals surface area contributed by atoms with Crippen LogP contribution in [0.4, 0.5) is 10.5 Å². The van der Waals surface area contributed by atoms with Gasteiger partial charge in [0.1, 0.15) is 0 Å². The van der Waals surface area contributed by atoms with Gasteiger partial charge in [0.15, 0.2) is 0 Å². The molecule has 0 aliphatic carbocycles. The Kier molecular flexibility index (Phi) is 6.27. The van der Waals surface area contributed by atoms with E-state index in [9.17, 15) is 4.79 Å². The van der Waals surface area contributed by atoms with E-state index < -0.39 is 0 Å². The quantitative estimate of drug-likeness (QED) is 0.892. The summed E-state index contributed by atoms with van der Waals surface area (Å²) in [6.45, 7) is 14.8. The molecule has 1 saturated heterocycles. The molecule has 1 aromatic heterocycles. The number of aromatic nitrogens is 2. The van der Waals surface area contributed by atoms with Crippen LogP contribution in [0.3, 0.4) is 0 Å². The van der Waals surface area contributed by atoms with Gasteiger partial charge in [-0.05, 0) is 32.1 Å². The minimum absolute atomic E-state index is 0.0673. The number of anilines is 1. The molecule has 0 spiro atoms. The van der Waals surface area contributed by atoms with Crippen LogP contribution in [-0.2, 0) is 11.3 Å². The second kappa shape index (κ2) is 8.01. The maximum atomic E-state index is 12.6. The summed E-state index contributed by atoms with van der Waals surface area (Å²) in [6.07, 6.45) is 2.99. The van der Waals surface area contributed by atoms with Crippen LogP contribution in [0, 0.1) is 5.92 Å². The Morgan fingerprint density at radius 3 is 2.46 bits per heavy atom. The molecule has 136 valence electrons. The number of aryl methyl sites for hydroxylation is 1. The molecule has 2 amide bonds. The first kappa shape index (κ1) is 18.8. The molecule has 1 N–H and O–H groups in total. The summed E-state index contributed by atoms with van der Waals surface area (Å²) in [6, 6.07) is -0.0673. The number of carbonyl (C=O) groups excluding carboxylic acids is 1. The Balaban J connectivity index is 2.09. The zero-order chi connectivity index (χ0) is 17.9. The number of nitrogens with zero attached hydrogens (tertiary/aromatic N) is 3. The number of hydrogen-bond acceptors (Lipinski definition) is 3. The van der Waals surface area contributed by atoms with Crippen LogP contribution in [0.5, 0.6) is 0 Å². The molecule has 24 heavy (non-hydrogen) atoms. The van der Waals surface area contributed by atoms with Crippen molar-refractivity contribution in [2.45, 2.75) is 72.6 Å². The Labute approximate surface area is 145 Å². The minimum atomic E-state index is -0.0673. The van der Waals surface area contributed by atoms with Gasteiger partial charge in [-0.15, -0.1) is 0 Å². The van der Waals surface area contributed by atoms with Crippen LogP contribution in [0.2, 0.25) is 0 Å². The first-order valence-electron chi connectivity index (χ1n) is 9.05. The molecule has 2 rings (SSSR count). The van der Waals surface area contributed by atoms with Crippen molar-refractivity contribution in [3.8, 4) is 0 Å². The minimum Gasteiger partial charge on any atom is -0.372 e. The van der Waals surface area contributed by atoms with Gasteiger partial charge in [0.05, 0.1) is 29.8 Å². The maximum Gasteiger partial charge on any atom is 0.322 e. The van der Waals surface area contributed by atoms with Crippen LogP contribution >= 0.6 is 0 Å². The highest BCUT2D eigenvalue weighted by Gasteiger charge is 2.27. The van der Waals surface area contributed by atoms with E-state index in [1.165, 1.54) is 0 Å². The van der Waals surface area contributed by atoms with Crippen LogP contribution in [0.15, 0.2) is 6.20 Å². The standard InChI is InChI=1S/C18H32N4O2/c1-12(2)7-8-22-17(13(3)4)16(9-19-22)20-18(23)21-10-14(5)24-15(6)11-21/h9,12-15H,7-8,10-11H2,1-6H3,(H,20,23)/t14-,15+. The Bertz CT molecular complexity index is 543. The van der Waals surface area contributed by atoms with Crippen molar-refractivity contribution in [2.75, 3.05) is 18.4 Å². The van der Waals surface area contributed by atoms with Crippen molar-refractivity contribution in [3.05, 3.63) is 11.9 Å². The van der Waals surface area contributed by atoms with Crippen molar-refractivity contribution < 1.29 is 9.53 Å². The number of rotatable bonds is 5. The zero-order valence-corrected chi connectivity index (χ0v) is 15.9. The van der Waals surface area contributed by atoms with Crippen molar-refractivity contribution in [2.24, 2.45) is 5.92 Å². The summed E-state index contributed by atoms with van der Waals surface area (Å²) in [5.41, 5.74) is 1.92. The van der Waals surface area contributed by atoms with Crippen molar-refractivity contribution in [3.63, 3.8) is 0 Å². The highest BCUT2D eigenvalue weighted by Crippen LogP contribution is 2.25. The lowest BCUT2D eigenvalue weighted by Crippen LogP contribution is -2.49. The summed E-state index contributed by atoms with van der Waals surface area (Å²) in [4.78, 5) is 14.5. The van der Waals surface area contributed by atoms with Crippen LogP contribution in [0.25, 0.3) is 0 Å². The number of amides is 2. The molecule has 6 nitrogen and oxygen atoms in total. The lowest BCUT2D eigenvalue weighted by molar-refractivity contribution is -0.0530. The van der Waals surface area contributed by atoms with E-state index >= 15 is 0 Å². The highest BCUT2D eigenvalue weighted by molar-refractivity contribution is 5.90. The third-order valence-electron chi connectivity index (χ3n) is 4.29. The van der Waals surface area contributed by atoms with Gasteiger partial charge in [-0.2, -0.15) is 5.10 Å². The predicted molar refractivity (Wildman–Crippen MR) is 96.4 cm³/mol. The second-order valence-electron chi connectivity index (χ2n) is 7.60. The first-order valence-corrected chi connectivity index (χ1v) is 9.05. The zero-order valence-electron chi connectivity index (χ0n) is 15.9. The Morgan fingerprint density at radius 2 is 1.92 bits per heavy atom. The number of hydrogen-bond donors (Lipinski definition) is 1.